The minimum atomic E-state index is -0.516. The van der Waals surface area contributed by atoms with Crippen molar-refractivity contribution in [3.8, 4) is 0 Å². The van der Waals surface area contributed by atoms with Gasteiger partial charge in [0.1, 0.15) is 12.7 Å². The summed E-state index contributed by atoms with van der Waals surface area (Å²) in [5, 5.41) is 12.2. The molecule has 0 aromatic heterocycles. The van der Waals surface area contributed by atoms with Gasteiger partial charge in [-0.1, -0.05) is 12.2 Å². The van der Waals surface area contributed by atoms with Crippen molar-refractivity contribution in [1.29, 1.82) is 0 Å². The number of fused-ring (bicyclic) bond motifs is 1. The second-order valence-electron chi connectivity index (χ2n) is 6.34. The zero-order valence-electron chi connectivity index (χ0n) is 14.2. The van der Waals surface area contributed by atoms with Gasteiger partial charge in [-0.05, 0) is 44.0 Å². The van der Waals surface area contributed by atoms with Crippen LogP contribution in [0.4, 0.5) is 16.2 Å². The van der Waals surface area contributed by atoms with Crippen LogP contribution in [-0.2, 0) is 16.0 Å². The van der Waals surface area contributed by atoms with Gasteiger partial charge >= 0.3 is 6.09 Å². The van der Waals surface area contributed by atoms with Crippen molar-refractivity contribution in [2.75, 3.05) is 29.5 Å². The molecule has 2 aliphatic rings. The number of thiocarbonyl (C=S) groups is 1. The monoisotopic (exact) mass is 363 g/mol. The predicted octanol–water partition coefficient (Wildman–Crippen LogP) is 1.22. The smallest absolute Gasteiger partial charge is 0.414 e. The Bertz CT molecular complexity index is 724. The Morgan fingerprint density at radius 3 is 2.92 bits per heavy atom. The fourth-order valence-corrected chi connectivity index (χ4v) is 3.42. The first-order valence-corrected chi connectivity index (χ1v) is 8.60. The number of carbonyl (C=O) groups excluding carboxylic acids is 2. The first-order valence-electron chi connectivity index (χ1n) is 8.19. The normalized spacial score (nSPS) is 22.0. The molecule has 0 aliphatic carbocycles. The number of nitrogens with one attached hydrogen (secondary N) is 1. The maximum atomic E-state index is 12.2. The number of rotatable bonds is 4. The number of amides is 2. The van der Waals surface area contributed by atoms with E-state index in [9.17, 15) is 9.59 Å². The molecule has 1 fully saturated rings. The minimum absolute atomic E-state index is 0.0158. The first-order chi connectivity index (χ1) is 11.9. The number of aliphatic hydroxyl groups excluding tert-OH is 1. The van der Waals surface area contributed by atoms with E-state index < -0.39 is 6.61 Å². The summed E-state index contributed by atoms with van der Waals surface area (Å²) >= 11 is 4.97. The molecule has 0 unspecified atom stereocenters. The van der Waals surface area contributed by atoms with Gasteiger partial charge in [0.15, 0.2) is 0 Å². The number of nitrogens with zero attached hydrogens (tertiary/aromatic N) is 2. The second-order valence-corrected chi connectivity index (χ2v) is 6.95. The van der Waals surface area contributed by atoms with Crippen LogP contribution < -0.4 is 15.1 Å². The molecule has 2 N–H and O–H groups in total. The van der Waals surface area contributed by atoms with E-state index in [-0.39, 0.29) is 24.1 Å². The number of benzene rings is 1. The van der Waals surface area contributed by atoms with Crippen LogP contribution in [0.15, 0.2) is 18.2 Å². The van der Waals surface area contributed by atoms with Crippen molar-refractivity contribution in [3.63, 3.8) is 0 Å². The van der Waals surface area contributed by atoms with E-state index >= 15 is 0 Å². The predicted molar refractivity (Wildman–Crippen MR) is 98.1 cm³/mol. The third kappa shape index (κ3) is 3.45. The SMILES string of the molecule is CC(=S)NC[C@H]1CN(c2ccc3c(c2)C[C@@H](C)N3C(=O)CO)C(=O)O1. The van der Waals surface area contributed by atoms with Crippen LogP contribution in [-0.4, -0.2) is 53.9 Å². The Balaban J connectivity index is 1.77. The van der Waals surface area contributed by atoms with E-state index in [1.807, 2.05) is 19.1 Å². The lowest BCUT2D eigenvalue weighted by atomic mass is 10.1. The molecule has 8 heteroatoms. The van der Waals surface area contributed by atoms with Crippen molar-refractivity contribution in [2.45, 2.75) is 32.4 Å². The molecule has 0 radical (unpaired) electrons. The van der Waals surface area contributed by atoms with E-state index in [1.54, 1.807) is 22.8 Å². The van der Waals surface area contributed by atoms with Crippen LogP contribution in [0.5, 0.6) is 0 Å². The summed E-state index contributed by atoms with van der Waals surface area (Å²) in [6, 6.07) is 5.52. The molecule has 1 saturated heterocycles. The van der Waals surface area contributed by atoms with Gasteiger partial charge in [-0.2, -0.15) is 0 Å². The third-order valence-electron chi connectivity index (χ3n) is 4.45. The zero-order chi connectivity index (χ0) is 18.1. The van der Waals surface area contributed by atoms with Crippen molar-refractivity contribution in [2.24, 2.45) is 0 Å². The standard InChI is InChI=1S/C17H21N3O4S/c1-10-5-12-6-13(3-4-15(12)20(10)16(22)9-21)19-8-14(24-17(19)23)7-18-11(2)25/h3-4,6,10,14,21H,5,7-9H2,1-2H3,(H,18,25)/t10-,14+/m1/s1. The lowest BCUT2D eigenvalue weighted by molar-refractivity contribution is -0.121. The molecule has 2 amide bonds. The Hall–Kier alpha value is -2.19. The highest BCUT2D eigenvalue weighted by Gasteiger charge is 2.35. The van der Waals surface area contributed by atoms with Crippen LogP contribution in [0, 0.1) is 0 Å². The summed E-state index contributed by atoms with van der Waals surface area (Å²) in [5.74, 6) is -0.318. The van der Waals surface area contributed by atoms with E-state index in [4.69, 9.17) is 22.1 Å². The highest BCUT2D eigenvalue weighted by Crippen LogP contribution is 2.36. The molecule has 0 saturated carbocycles. The number of carbonyl (C=O) groups is 2. The van der Waals surface area contributed by atoms with Gasteiger partial charge in [0, 0.05) is 17.4 Å². The molecule has 2 aliphatic heterocycles. The van der Waals surface area contributed by atoms with Crippen LogP contribution in [0.3, 0.4) is 0 Å². The Kier molecular flexibility index (Phi) is 4.91. The lowest BCUT2D eigenvalue weighted by Gasteiger charge is -2.22. The van der Waals surface area contributed by atoms with E-state index in [1.165, 1.54) is 0 Å². The van der Waals surface area contributed by atoms with Crippen LogP contribution in [0.1, 0.15) is 19.4 Å². The molecule has 2 atom stereocenters. The highest BCUT2D eigenvalue weighted by molar-refractivity contribution is 7.80. The Labute approximate surface area is 151 Å². The number of hydrogen-bond donors (Lipinski definition) is 2. The largest absolute Gasteiger partial charge is 0.442 e. The molecule has 0 bridgehead atoms. The van der Waals surface area contributed by atoms with Gasteiger partial charge in [-0.3, -0.25) is 9.69 Å². The van der Waals surface area contributed by atoms with Crippen LogP contribution in [0.2, 0.25) is 0 Å². The number of aliphatic hydroxyl groups is 1. The van der Waals surface area contributed by atoms with Gasteiger partial charge in [0.05, 0.1) is 18.1 Å². The molecule has 1 aromatic rings. The summed E-state index contributed by atoms with van der Waals surface area (Å²) in [7, 11) is 0. The molecule has 0 spiro atoms. The molecule has 25 heavy (non-hydrogen) atoms. The Morgan fingerprint density at radius 1 is 1.48 bits per heavy atom. The maximum Gasteiger partial charge on any atom is 0.414 e. The Morgan fingerprint density at radius 2 is 2.24 bits per heavy atom. The van der Waals surface area contributed by atoms with E-state index in [2.05, 4.69) is 5.32 Å². The second kappa shape index (κ2) is 6.97. The maximum absolute atomic E-state index is 12.2. The summed E-state index contributed by atoms with van der Waals surface area (Å²) in [6.45, 7) is 4.13. The van der Waals surface area contributed by atoms with Crippen molar-refractivity contribution >= 4 is 40.6 Å². The lowest BCUT2D eigenvalue weighted by Crippen LogP contribution is -2.37. The van der Waals surface area contributed by atoms with Gasteiger partial charge in [0.2, 0.25) is 0 Å². The van der Waals surface area contributed by atoms with Gasteiger partial charge < -0.3 is 20.1 Å². The number of cyclic esters (lactones) is 1. The third-order valence-corrected chi connectivity index (χ3v) is 4.59. The average Bonchev–Trinajstić information content (AvgIpc) is 3.10. The van der Waals surface area contributed by atoms with Gasteiger partial charge in [-0.25, -0.2) is 4.79 Å². The number of anilines is 2. The summed E-state index contributed by atoms with van der Waals surface area (Å²) < 4.78 is 5.36. The molecule has 134 valence electrons. The van der Waals surface area contributed by atoms with Crippen LogP contribution >= 0.6 is 12.2 Å². The van der Waals surface area contributed by atoms with E-state index in [0.717, 1.165) is 16.9 Å². The summed E-state index contributed by atoms with van der Waals surface area (Å²) in [6.07, 6.45) is 0.0422. The van der Waals surface area contributed by atoms with Gasteiger partial charge in [0.25, 0.3) is 5.91 Å². The fourth-order valence-electron chi connectivity index (χ4n) is 3.34. The summed E-state index contributed by atoms with van der Waals surface area (Å²) in [5.41, 5.74) is 2.52. The minimum Gasteiger partial charge on any atom is -0.442 e. The molecule has 7 nitrogen and oxygen atoms in total. The zero-order valence-corrected chi connectivity index (χ0v) is 15.0. The first kappa shape index (κ1) is 17.6. The van der Waals surface area contributed by atoms with E-state index in [0.29, 0.717) is 24.5 Å². The number of hydrogen-bond acceptors (Lipinski definition) is 5. The molecule has 1 aromatic carbocycles. The fraction of sp³-hybridized carbons (Fsp3) is 0.471. The molecular formula is C17H21N3O4S. The topological polar surface area (TPSA) is 82.1 Å². The number of ether oxygens (including phenoxy) is 1. The van der Waals surface area contributed by atoms with Crippen LogP contribution in [0.25, 0.3) is 0 Å². The van der Waals surface area contributed by atoms with Crippen molar-refractivity contribution in [3.05, 3.63) is 23.8 Å². The molecule has 2 heterocycles. The quantitative estimate of drug-likeness (QED) is 0.783. The van der Waals surface area contributed by atoms with Crippen molar-refractivity contribution in [1.82, 2.24) is 5.32 Å². The molecular weight excluding hydrogens is 342 g/mol. The van der Waals surface area contributed by atoms with Gasteiger partial charge in [-0.15, -0.1) is 0 Å². The molecule has 3 rings (SSSR count). The summed E-state index contributed by atoms with van der Waals surface area (Å²) in [4.78, 5) is 27.9. The van der Waals surface area contributed by atoms with Crippen molar-refractivity contribution < 1.29 is 19.4 Å². The average molecular weight is 363 g/mol. The highest BCUT2D eigenvalue weighted by atomic mass is 32.1.